The van der Waals surface area contributed by atoms with E-state index in [1.54, 1.807) is 36.6 Å². The molecule has 0 amide bonds. The van der Waals surface area contributed by atoms with Gasteiger partial charge in [-0.3, -0.25) is 4.72 Å². The van der Waals surface area contributed by atoms with Gasteiger partial charge in [-0.2, -0.15) is 0 Å². The Morgan fingerprint density at radius 1 is 1.33 bits per heavy atom. The van der Waals surface area contributed by atoms with Gasteiger partial charge in [0.1, 0.15) is 0 Å². The molecule has 0 radical (unpaired) electrons. The molecule has 1 aromatic carbocycles. The minimum atomic E-state index is -3.58. The Labute approximate surface area is 134 Å². The normalized spacial score (nSPS) is 11.6. The summed E-state index contributed by atoms with van der Waals surface area (Å²) >= 11 is 7.44. The molecule has 1 aromatic heterocycles. The lowest BCUT2D eigenvalue weighted by molar-refractivity contribution is 0.601. The molecule has 2 rings (SSSR count). The largest absolute Gasteiger partial charge is 0.312 e. The average molecular weight is 345 g/mol. The zero-order valence-electron chi connectivity index (χ0n) is 11.8. The van der Waals surface area contributed by atoms with Gasteiger partial charge >= 0.3 is 0 Å². The van der Waals surface area contributed by atoms with Crippen LogP contribution in [0.5, 0.6) is 0 Å². The maximum Gasteiger partial charge on any atom is 0.262 e. The average Bonchev–Trinajstić information content (AvgIpc) is 2.91. The van der Waals surface area contributed by atoms with Crippen molar-refractivity contribution in [3.05, 3.63) is 45.1 Å². The Balaban J connectivity index is 2.22. The van der Waals surface area contributed by atoms with E-state index in [2.05, 4.69) is 10.0 Å². The second kappa shape index (κ2) is 6.79. The van der Waals surface area contributed by atoms with Gasteiger partial charge in [-0.05, 0) is 37.2 Å². The number of halogens is 1. The SMILES string of the molecule is CCNCc1cc(S(=O)(=O)Nc2cccc(Cl)c2C)cs1. The fourth-order valence-corrected chi connectivity index (χ4v) is 4.31. The highest BCUT2D eigenvalue weighted by Crippen LogP contribution is 2.27. The standard InChI is InChI=1S/C14H17ClN2O2S2/c1-3-16-8-11-7-12(9-20-11)21(18,19)17-14-6-4-5-13(15)10(14)2/h4-7,9,16-17H,3,8H2,1-2H3. The Morgan fingerprint density at radius 2 is 2.10 bits per heavy atom. The van der Waals surface area contributed by atoms with Crippen molar-refractivity contribution in [2.75, 3.05) is 11.3 Å². The molecule has 0 saturated carbocycles. The third-order valence-corrected chi connectivity index (χ3v) is 5.84. The van der Waals surface area contributed by atoms with Crippen LogP contribution in [-0.2, 0) is 16.6 Å². The molecule has 2 aromatic rings. The summed E-state index contributed by atoms with van der Waals surface area (Å²) in [4.78, 5) is 1.26. The van der Waals surface area contributed by atoms with Gasteiger partial charge in [-0.1, -0.05) is 24.6 Å². The summed E-state index contributed by atoms with van der Waals surface area (Å²) in [6, 6.07) is 6.84. The predicted octanol–water partition coefficient (Wildman–Crippen LogP) is 3.62. The smallest absolute Gasteiger partial charge is 0.262 e. The van der Waals surface area contributed by atoms with Crippen LogP contribution in [0.3, 0.4) is 0 Å². The van der Waals surface area contributed by atoms with Crippen molar-refractivity contribution >= 4 is 38.6 Å². The highest BCUT2D eigenvalue weighted by molar-refractivity contribution is 7.92. The molecule has 0 fully saturated rings. The first-order valence-corrected chi connectivity index (χ1v) is 9.24. The van der Waals surface area contributed by atoms with E-state index in [1.807, 2.05) is 6.92 Å². The molecule has 7 heteroatoms. The molecule has 21 heavy (non-hydrogen) atoms. The van der Waals surface area contributed by atoms with Crippen molar-refractivity contribution in [1.29, 1.82) is 0 Å². The van der Waals surface area contributed by atoms with Gasteiger partial charge in [0.2, 0.25) is 0 Å². The maximum absolute atomic E-state index is 12.4. The number of hydrogen-bond donors (Lipinski definition) is 2. The summed E-state index contributed by atoms with van der Waals surface area (Å²) in [7, 11) is -3.58. The maximum atomic E-state index is 12.4. The van der Waals surface area contributed by atoms with Crippen LogP contribution < -0.4 is 10.0 Å². The van der Waals surface area contributed by atoms with E-state index in [-0.39, 0.29) is 4.90 Å². The quantitative estimate of drug-likeness (QED) is 0.841. The van der Waals surface area contributed by atoms with Gasteiger partial charge in [0.25, 0.3) is 10.0 Å². The topological polar surface area (TPSA) is 58.2 Å². The summed E-state index contributed by atoms with van der Waals surface area (Å²) in [6.45, 7) is 5.31. The molecular formula is C14H17ClN2O2S2. The van der Waals surface area contributed by atoms with Crippen LogP contribution in [0, 0.1) is 6.92 Å². The first-order valence-electron chi connectivity index (χ1n) is 6.50. The van der Waals surface area contributed by atoms with Crippen LogP contribution >= 0.6 is 22.9 Å². The third kappa shape index (κ3) is 3.97. The number of anilines is 1. The third-order valence-electron chi connectivity index (χ3n) is 3.00. The van der Waals surface area contributed by atoms with Gasteiger partial charge in [0, 0.05) is 21.8 Å². The van der Waals surface area contributed by atoms with Gasteiger partial charge in [0.15, 0.2) is 0 Å². The Hall–Kier alpha value is -1.08. The van der Waals surface area contributed by atoms with Crippen molar-refractivity contribution in [3.8, 4) is 0 Å². The van der Waals surface area contributed by atoms with Gasteiger partial charge in [-0.15, -0.1) is 11.3 Å². The molecule has 0 aliphatic heterocycles. The molecule has 0 atom stereocenters. The van der Waals surface area contributed by atoms with Crippen molar-refractivity contribution in [1.82, 2.24) is 5.32 Å². The Kier molecular flexibility index (Phi) is 5.27. The zero-order valence-corrected chi connectivity index (χ0v) is 14.2. The lowest BCUT2D eigenvalue weighted by Crippen LogP contribution is -2.13. The first kappa shape index (κ1) is 16.3. The van der Waals surface area contributed by atoms with Crippen LogP contribution in [0.25, 0.3) is 0 Å². The second-order valence-corrected chi connectivity index (χ2v) is 7.63. The van der Waals surface area contributed by atoms with E-state index in [0.717, 1.165) is 11.4 Å². The van der Waals surface area contributed by atoms with Gasteiger partial charge in [0.05, 0.1) is 10.6 Å². The molecule has 0 spiro atoms. The van der Waals surface area contributed by atoms with Crippen LogP contribution in [0.15, 0.2) is 34.5 Å². The molecule has 0 aliphatic rings. The van der Waals surface area contributed by atoms with Crippen molar-refractivity contribution in [2.24, 2.45) is 0 Å². The predicted molar refractivity (Wildman–Crippen MR) is 88.7 cm³/mol. The highest BCUT2D eigenvalue weighted by atomic mass is 35.5. The lowest BCUT2D eigenvalue weighted by Gasteiger charge is -2.10. The Morgan fingerprint density at radius 3 is 2.81 bits per heavy atom. The van der Waals surface area contributed by atoms with Crippen molar-refractivity contribution in [3.63, 3.8) is 0 Å². The molecule has 114 valence electrons. The van der Waals surface area contributed by atoms with Gasteiger partial charge < -0.3 is 5.32 Å². The number of thiophene rings is 1. The van der Waals surface area contributed by atoms with Gasteiger partial charge in [-0.25, -0.2) is 8.42 Å². The first-order chi connectivity index (χ1) is 9.94. The van der Waals surface area contributed by atoms with E-state index in [4.69, 9.17) is 11.6 Å². The van der Waals surface area contributed by atoms with Crippen molar-refractivity contribution in [2.45, 2.75) is 25.3 Å². The van der Waals surface area contributed by atoms with Crippen LogP contribution in [0.4, 0.5) is 5.69 Å². The number of sulfonamides is 1. The number of hydrogen-bond acceptors (Lipinski definition) is 4. The minimum absolute atomic E-state index is 0.278. The molecule has 1 heterocycles. The lowest BCUT2D eigenvalue weighted by atomic mass is 10.2. The second-order valence-electron chi connectivity index (χ2n) is 4.55. The minimum Gasteiger partial charge on any atom is -0.312 e. The summed E-state index contributed by atoms with van der Waals surface area (Å²) in [5, 5.41) is 5.36. The Bertz CT molecular complexity index is 726. The fraction of sp³-hybridized carbons (Fsp3) is 0.286. The highest BCUT2D eigenvalue weighted by Gasteiger charge is 2.17. The monoisotopic (exact) mass is 344 g/mol. The summed E-state index contributed by atoms with van der Waals surface area (Å²) < 4.78 is 27.4. The van der Waals surface area contributed by atoms with Crippen LogP contribution in [0.1, 0.15) is 17.4 Å². The number of benzene rings is 1. The molecule has 2 N–H and O–H groups in total. The van der Waals surface area contributed by atoms with Crippen LogP contribution in [0.2, 0.25) is 5.02 Å². The summed E-state index contributed by atoms with van der Waals surface area (Å²) in [5.41, 5.74) is 1.22. The zero-order chi connectivity index (χ0) is 15.5. The molecule has 0 saturated heterocycles. The fourth-order valence-electron chi connectivity index (χ4n) is 1.76. The summed E-state index contributed by atoms with van der Waals surface area (Å²) in [5.74, 6) is 0. The molecule has 0 unspecified atom stereocenters. The molecule has 0 aliphatic carbocycles. The molecule has 0 bridgehead atoms. The van der Waals surface area contributed by atoms with E-state index in [0.29, 0.717) is 22.8 Å². The molecule has 4 nitrogen and oxygen atoms in total. The molecular weight excluding hydrogens is 328 g/mol. The number of rotatable bonds is 6. The van der Waals surface area contributed by atoms with E-state index in [9.17, 15) is 8.42 Å². The van der Waals surface area contributed by atoms with E-state index < -0.39 is 10.0 Å². The summed E-state index contributed by atoms with van der Waals surface area (Å²) in [6.07, 6.45) is 0. The van der Waals surface area contributed by atoms with Crippen LogP contribution in [-0.4, -0.2) is 15.0 Å². The van der Waals surface area contributed by atoms with E-state index in [1.165, 1.54) is 11.3 Å². The van der Waals surface area contributed by atoms with E-state index >= 15 is 0 Å². The van der Waals surface area contributed by atoms with Crippen molar-refractivity contribution < 1.29 is 8.42 Å². The number of nitrogens with one attached hydrogen (secondary N) is 2.